The molecule has 46 heavy (non-hydrogen) atoms. The molecule has 4 rings (SSSR count). The lowest BCUT2D eigenvalue weighted by molar-refractivity contribution is -0.696. The summed E-state index contributed by atoms with van der Waals surface area (Å²) in [5.74, 6) is 12.8. The van der Waals surface area contributed by atoms with Crippen LogP contribution in [0.2, 0.25) is 0 Å². The Kier molecular flexibility index (Phi) is 24.0. The maximum Gasteiger partial charge on any atom is 0.172 e. The molecule has 0 aliphatic heterocycles. The number of aryl methyl sites for hydroxylation is 5. The summed E-state index contributed by atoms with van der Waals surface area (Å²) in [4.78, 5) is 3.96. The zero-order valence-electron chi connectivity index (χ0n) is 28.4. The second-order valence-electron chi connectivity index (χ2n) is 10.9. The van der Waals surface area contributed by atoms with Crippen molar-refractivity contribution in [1.29, 1.82) is 0 Å². The molecule has 2 nitrogen and oxygen atoms in total. The molecule has 2 aromatic carbocycles. The summed E-state index contributed by atoms with van der Waals surface area (Å²) < 4.78 is 2.22. The van der Waals surface area contributed by atoms with Crippen LogP contribution in [0.25, 0.3) is 0 Å². The molecule has 4 heteroatoms. The Hall–Kier alpha value is -3.18. The maximum atomic E-state index is 3.96. The van der Waals surface area contributed by atoms with Gasteiger partial charge in [0.1, 0.15) is 0 Å². The summed E-state index contributed by atoms with van der Waals surface area (Å²) in [7, 11) is 0. The van der Waals surface area contributed by atoms with Crippen molar-refractivity contribution in [2.45, 2.75) is 98.4 Å². The van der Waals surface area contributed by atoms with Crippen LogP contribution in [0.4, 0.5) is 0 Å². The van der Waals surface area contributed by atoms with Crippen LogP contribution in [-0.2, 0) is 32.2 Å². The molecule has 0 spiro atoms. The lowest BCUT2D eigenvalue weighted by atomic mass is 10.1. The number of alkyl halides is 1. The van der Waals surface area contributed by atoms with Gasteiger partial charge in [-0.3, -0.25) is 4.98 Å². The van der Waals surface area contributed by atoms with Crippen LogP contribution in [0.1, 0.15) is 99.6 Å². The molecule has 0 radical (unpaired) electrons. The van der Waals surface area contributed by atoms with Crippen LogP contribution in [0.5, 0.6) is 0 Å². The van der Waals surface area contributed by atoms with Gasteiger partial charge in [-0.05, 0) is 91.6 Å². The fourth-order valence-electron chi connectivity index (χ4n) is 4.36. The fourth-order valence-corrected chi connectivity index (χ4v) is 4.56. The molecule has 0 saturated heterocycles. The first-order chi connectivity index (χ1) is 22.1. The quantitative estimate of drug-likeness (QED) is 0.0908. The van der Waals surface area contributed by atoms with E-state index in [0.717, 1.165) is 48.7 Å². The molecule has 0 saturated carbocycles. The van der Waals surface area contributed by atoms with Crippen LogP contribution in [-0.4, -0.2) is 10.3 Å². The Morgan fingerprint density at radius 3 is 1.65 bits per heavy atom. The third kappa shape index (κ3) is 18.7. The summed E-state index contributed by atoms with van der Waals surface area (Å²) >= 11 is 3.36. The van der Waals surface area contributed by atoms with E-state index >= 15 is 0 Å². The number of rotatable bonds is 11. The van der Waals surface area contributed by atoms with E-state index in [1.165, 1.54) is 60.8 Å². The second kappa shape index (κ2) is 27.0. The summed E-state index contributed by atoms with van der Waals surface area (Å²) in [6, 6.07) is 25.6. The van der Waals surface area contributed by atoms with E-state index in [4.69, 9.17) is 0 Å². The van der Waals surface area contributed by atoms with E-state index in [-0.39, 0.29) is 17.0 Å². The average Bonchev–Trinajstić information content (AvgIpc) is 3.10. The number of nitrogens with zero attached hydrogens (tertiary/aromatic N) is 2. The van der Waals surface area contributed by atoms with Crippen molar-refractivity contribution in [3.05, 3.63) is 131 Å². The molecule has 0 aliphatic carbocycles. The Balaban J connectivity index is 0.000000380. The van der Waals surface area contributed by atoms with E-state index in [0.29, 0.717) is 0 Å². The van der Waals surface area contributed by atoms with Gasteiger partial charge in [0.05, 0.1) is 6.42 Å². The van der Waals surface area contributed by atoms with Crippen molar-refractivity contribution in [2.75, 3.05) is 5.33 Å². The number of pyridine rings is 2. The fraction of sp³-hybridized carbons (Fsp3) is 0.381. The first kappa shape index (κ1) is 40.8. The lowest BCUT2D eigenvalue weighted by Crippen LogP contribution is -3.00. The van der Waals surface area contributed by atoms with Gasteiger partial charge in [0.25, 0.3) is 0 Å². The van der Waals surface area contributed by atoms with Crippen molar-refractivity contribution >= 4 is 15.9 Å². The number of hydrogen-bond donors (Lipinski definition) is 0. The van der Waals surface area contributed by atoms with Crippen molar-refractivity contribution < 1.29 is 21.5 Å². The van der Waals surface area contributed by atoms with Crippen LogP contribution in [0, 0.1) is 23.7 Å². The van der Waals surface area contributed by atoms with Gasteiger partial charge in [-0.15, -0.1) is 0 Å². The van der Waals surface area contributed by atoms with Crippen LogP contribution >= 0.6 is 15.9 Å². The standard InChI is InChI=1S/C21H26N.C14H17Br.C7H9N.BrH/c1-3-5-9-20-12-14-21(15-13-20)10-6-7-16-22-17-8-11-19(4-2)18-22;1-2-3-6-13-8-10-14(11-9-13)7-4-5-12-15;1-2-7-4-3-5-8-6-7;/h8,11-15,17-18H,3-5,7,9,16H2,1-2H3;8-11H,2-3,5-6,12H2,1H3;3-6H,2H2,1H3;1H/q+1;;;/p-1. The van der Waals surface area contributed by atoms with Crippen LogP contribution in [0.15, 0.2) is 97.6 Å². The molecule has 0 aliphatic rings. The highest BCUT2D eigenvalue weighted by Crippen LogP contribution is 2.08. The van der Waals surface area contributed by atoms with Crippen molar-refractivity contribution in [3.8, 4) is 23.7 Å². The minimum atomic E-state index is 0. The monoisotopic (exact) mass is 742 g/mol. The van der Waals surface area contributed by atoms with E-state index in [2.05, 4.69) is 156 Å². The van der Waals surface area contributed by atoms with Crippen molar-refractivity contribution in [1.82, 2.24) is 4.98 Å². The number of halogens is 2. The largest absolute Gasteiger partial charge is 1.00 e. The molecular weight excluding hydrogens is 692 g/mol. The zero-order chi connectivity index (χ0) is 32.4. The normalized spacial score (nSPS) is 9.50. The smallest absolute Gasteiger partial charge is 0.172 e. The van der Waals surface area contributed by atoms with Gasteiger partial charge in [-0.2, -0.15) is 0 Å². The SMILES string of the molecule is CCCCc1ccc(C#CCCBr)cc1.CCCCc1ccc(C#CCC[n+]2cccc(CC)c2)cc1.CCc1cccnc1.[Br-]. The van der Waals surface area contributed by atoms with Gasteiger partial charge in [-0.25, -0.2) is 4.57 Å². The minimum Gasteiger partial charge on any atom is -1.00 e. The predicted octanol–water partition coefficient (Wildman–Crippen LogP) is 7.13. The van der Waals surface area contributed by atoms with Gasteiger partial charge in [0.15, 0.2) is 18.9 Å². The molecule has 244 valence electrons. The summed E-state index contributed by atoms with van der Waals surface area (Å²) in [5, 5.41) is 0.953. The van der Waals surface area contributed by atoms with Crippen molar-refractivity contribution in [2.24, 2.45) is 0 Å². The minimum absolute atomic E-state index is 0. The molecule has 0 N–H and O–H groups in total. The molecule has 0 unspecified atom stereocenters. The highest BCUT2D eigenvalue weighted by molar-refractivity contribution is 9.09. The Labute approximate surface area is 299 Å². The summed E-state index contributed by atoms with van der Waals surface area (Å²) in [5.41, 5.74) is 7.75. The molecule has 2 heterocycles. The van der Waals surface area contributed by atoms with E-state index in [1.54, 1.807) is 6.20 Å². The van der Waals surface area contributed by atoms with Crippen molar-refractivity contribution in [3.63, 3.8) is 0 Å². The number of benzene rings is 2. The Morgan fingerprint density at radius 2 is 1.20 bits per heavy atom. The second-order valence-corrected chi connectivity index (χ2v) is 11.7. The Bertz CT molecular complexity index is 1440. The molecule has 0 amide bonds. The third-order valence-corrected chi connectivity index (χ3v) is 7.58. The van der Waals surface area contributed by atoms with Gasteiger partial charge >= 0.3 is 0 Å². The van der Waals surface area contributed by atoms with Crippen LogP contribution < -0.4 is 21.5 Å². The zero-order valence-corrected chi connectivity index (χ0v) is 31.5. The van der Waals surface area contributed by atoms with Gasteiger partial charge < -0.3 is 17.0 Å². The maximum absolute atomic E-state index is 3.96. The topological polar surface area (TPSA) is 16.8 Å². The van der Waals surface area contributed by atoms with Gasteiger partial charge in [-0.1, -0.05) is 110 Å². The van der Waals surface area contributed by atoms with Gasteiger partial charge in [0.2, 0.25) is 0 Å². The van der Waals surface area contributed by atoms with E-state index < -0.39 is 0 Å². The lowest BCUT2D eigenvalue weighted by Gasteiger charge is -1.99. The third-order valence-electron chi connectivity index (χ3n) is 7.18. The van der Waals surface area contributed by atoms with Crippen LogP contribution in [0.3, 0.4) is 0 Å². The van der Waals surface area contributed by atoms with E-state index in [9.17, 15) is 0 Å². The summed E-state index contributed by atoms with van der Waals surface area (Å²) in [6.07, 6.45) is 19.4. The molecule has 0 atom stereocenters. The molecule has 2 aromatic heterocycles. The van der Waals surface area contributed by atoms with Gasteiger partial charge in [0, 0.05) is 46.9 Å². The molecule has 0 fully saturated rings. The first-order valence-electron chi connectivity index (χ1n) is 16.7. The predicted molar refractivity (Wildman–Crippen MR) is 197 cm³/mol. The number of unbranched alkanes of at least 4 members (excludes halogenated alkanes) is 2. The Morgan fingerprint density at radius 1 is 0.652 bits per heavy atom. The number of hydrogen-bond acceptors (Lipinski definition) is 1. The summed E-state index contributed by atoms with van der Waals surface area (Å²) in [6.45, 7) is 9.71. The molecule has 0 bridgehead atoms. The van der Waals surface area contributed by atoms with E-state index in [1.807, 2.05) is 12.3 Å². The molecule has 4 aromatic rings. The highest BCUT2D eigenvalue weighted by atomic mass is 79.9. The number of aromatic nitrogens is 2. The average molecular weight is 745 g/mol. The highest BCUT2D eigenvalue weighted by Gasteiger charge is 2.00. The first-order valence-corrected chi connectivity index (χ1v) is 17.8. The molecular formula is C42H52Br2N2.